The van der Waals surface area contributed by atoms with Crippen LogP contribution in [0.2, 0.25) is 0 Å². The van der Waals surface area contributed by atoms with E-state index in [0.717, 1.165) is 19.6 Å². The zero-order chi connectivity index (χ0) is 15.5. The van der Waals surface area contributed by atoms with Gasteiger partial charge >= 0.3 is 0 Å². The molecule has 1 amide bonds. The van der Waals surface area contributed by atoms with Gasteiger partial charge in [0.25, 0.3) is 0 Å². The van der Waals surface area contributed by atoms with Crippen LogP contribution in [0.3, 0.4) is 0 Å². The fraction of sp³-hybridized carbons (Fsp3) is 0.938. The highest BCUT2D eigenvalue weighted by Crippen LogP contribution is 2.36. The minimum absolute atomic E-state index is 0. The summed E-state index contributed by atoms with van der Waals surface area (Å²) in [4.78, 5) is 15.2. The van der Waals surface area contributed by atoms with Crippen LogP contribution in [-0.4, -0.2) is 66.2 Å². The number of carbonyl (C=O) groups is 1. The maximum Gasteiger partial charge on any atom is 0.240 e. The largest absolute Gasteiger partial charge is 0.381 e. The van der Waals surface area contributed by atoms with Gasteiger partial charge in [-0.1, -0.05) is 12.8 Å². The number of nitrogens with one attached hydrogen (secondary N) is 1. The molecule has 0 aromatic rings. The molecule has 0 radical (unpaired) electrons. The minimum Gasteiger partial charge on any atom is -0.381 e. The Balaban J connectivity index is 0.00000144. The number of amides is 1. The SMILES string of the molecule is Cl.Cl.NC1(C(=O)NCC2(N3CCSCC3)CCCC2)CCOCC1. The summed E-state index contributed by atoms with van der Waals surface area (Å²) in [6.45, 7) is 4.26. The third-order valence-corrected chi connectivity index (χ3v) is 6.57. The predicted octanol–water partition coefficient (Wildman–Crippen LogP) is 1.82. The van der Waals surface area contributed by atoms with Crippen LogP contribution in [0.4, 0.5) is 0 Å². The molecule has 0 atom stereocenters. The number of hydrogen-bond donors (Lipinski definition) is 2. The molecular formula is C16H31Cl2N3O2S. The van der Waals surface area contributed by atoms with Crippen LogP contribution in [0.1, 0.15) is 38.5 Å². The van der Waals surface area contributed by atoms with Crippen LogP contribution in [0.25, 0.3) is 0 Å². The van der Waals surface area contributed by atoms with Gasteiger partial charge < -0.3 is 15.8 Å². The van der Waals surface area contributed by atoms with Gasteiger partial charge in [0.15, 0.2) is 0 Å². The van der Waals surface area contributed by atoms with Gasteiger partial charge in [-0.15, -0.1) is 24.8 Å². The third kappa shape index (κ3) is 4.92. The molecule has 5 nitrogen and oxygen atoms in total. The lowest BCUT2D eigenvalue weighted by Crippen LogP contribution is -2.62. The van der Waals surface area contributed by atoms with E-state index in [1.54, 1.807) is 0 Å². The lowest BCUT2D eigenvalue weighted by Gasteiger charge is -2.44. The van der Waals surface area contributed by atoms with E-state index in [9.17, 15) is 4.79 Å². The zero-order valence-corrected chi connectivity index (χ0v) is 16.7. The number of hydrogen-bond acceptors (Lipinski definition) is 5. The third-order valence-electron chi connectivity index (χ3n) is 5.63. The van der Waals surface area contributed by atoms with Crippen molar-refractivity contribution in [2.45, 2.75) is 49.6 Å². The molecule has 3 fully saturated rings. The highest BCUT2D eigenvalue weighted by atomic mass is 35.5. The molecule has 1 aliphatic carbocycles. The molecule has 3 N–H and O–H groups in total. The molecule has 142 valence electrons. The molecule has 8 heteroatoms. The summed E-state index contributed by atoms with van der Waals surface area (Å²) in [5, 5.41) is 3.20. The van der Waals surface area contributed by atoms with E-state index in [-0.39, 0.29) is 36.3 Å². The molecule has 0 aromatic heterocycles. The van der Waals surface area contributed by atoms with Crippen LogP contribution < -0.4 is 11.1 Å². The molecule has 0 spiro atoms. The van der Waals surface area contributed by atoms with Crippen molar-refractivity contribution in [3.63, 3.8) is 0 Å². The first kappa shape index (κ1) is 22.3. The van der Waals surface area contributed by atoms with Gasteiger partial charge in [-0.05, 0) is 25.7 Å². The van der Waals surface area contributed by atoms with E-state index in [1.165, 1.54) is 37.2 Å². The number of thioether (sulfide) groups is 1. The first-order valence-electron chi connectivity index (χ1n) is 8.62. The van der Waals surface area contributed by atoms with Gasteiger partial charge in [0.2, 0.25) is 5.91 Å². The lowest BCUT2D eigenvalue weighted by atomic mass is 9.89. The first-order valence-corrected chi connectivity index (χ1v) is 9.78. The number of nitrogens with two attached hydrogens (primary N) is 1. The van der Waals surface area contributed by atoms with E-state index < -0.39 is 5.54 Å². The van der Waals surface area contributed by atoms with Crippen LogP contribution >= 0.6 is 36.6 Å². The summed E-state index contributed by atoms with van der Waals surface area (Å²) in [5.41, 5.74) is 5.75. The normalized spacial score (nSPS) is 26.0. The molecule has 0 aromatic carbocycles. The van der Waals surface area contributed by atoms with Gasteiger partial charge in [-0.2, -0.15) is 11.8 Å². The van der Waals surface area contributed by atoms with E-state index >= 15 is 0 Å². The van der Waals surface area contributed by atoms with Gasteiger partial charge in [0.05, 0.1) is 5.54 Å². The van der Waals surface area contributed by atoms with E-state index in [4.69, 9.17) is 10.5 Å². The van der Waals surface area contributed by atoms with Crippen LogP contribution in [0, 0.1) is 0 Å². The van der Waals surface area contributed by atoms with E-state index in [0.29, 0.717) is 26.1 Å². The second-order valence-corrected chi connectivity index (χ2v) is 8.21. The average molecular weight is 400 g/mol. The maximum absolute atomic E-state index is 12.6. The first-order chi connectivity index (χ1) is 10.6. The highest BCUT2D eigenvalue weighted by Gasteiger charge is 2.42. The van der Waals surface area contributed by atoms with Crippen molar-refractivity contribution in [3.8, 4) is 0 Å². The van der Waals surface area contributed by atoms with E-state index in [2.05, 4.69) is 10.2 Å². The molecular weight excluding hydrogens is 369 g/mol. The Morgan fingerprint density at radius 1 is 1.08 bits per heavy atom. The summed E-state index contributed by atoms with van der Waals surface area (Å²) < 4.78 is 5.34. The fourth-order valence-electron chi connectivity index (χ4n) is 4.06. The topological polar surface area (TPSA) is 67.6 Å². The van der Waals surface area contributed by atoms with Crippen molar-refractivity contribution in [2.75, 3.05) is 44.4 Å². The molecule has 2 heterocycles. The summed E-state index contributed by atoms with van der Waals surface area (Å²) >= 11 is 2.04. The quantitative estimate of drug-likeness (QED) is 0.754. The van der Waals surface area contributed by atoms with E-state index in [1.807, 2.05) is 11.8 Å². The summed E-state index contributed by atoms with van der Waals surface area (Å²) in [6, 6.07) is 0. The van der Waals surface area contributed by atoms with Gasteiger partial charge in [0.1, 0.15) is 0 Å². The Morgan fingerprint density at radius 2 is 1.67 bits per heavy atom. The maximum atomic E-state index is 12.6. The predicted molar refractivity (Wildman–Crippen MR) is 105 cm³/mol. The van der Waals surface area contributed by atoms with Crippen molar-refractivity contribution in [3.05, 3.63) is 0 Å². The van der Waals surface area contributed by atoms with Crippen LogP contribution in [0.5, 0.6) is 0 Å². The average Bonchev–Trinajstić information content (AvgIpc) is 3.04. The van der Waals surface area contributed by atoms with Crippen molar-refractivity contribution in [1.29, 1.82) is 0 Å². The van der Waals surface area contributed by atoms with Gasteiger partial charge in [0, 0.05) is 49.9 Å². The monoisotopic (exact) mass is 399 g/mol. The molecule has 2 saturated heterocycles. The Morgan fingerprint density at radius 3 is 2.25 bits per heavy atom. The lowest BCUT2D eigenvalue weighted by molar-refractivity contribution is -0.130. The molecule has 0 unspecified atom stereocenters. The standard InChI is InChI=1S/C16H29N3O2S.2ClH/c17-16(5-9-21-10-6-16)14(20)18-13-15(3-1-2-4-15)19-7-11-22-12-8-19;;/h1-13,17H2,(H,18,20);2*1H. The Hall–Kier alpha value is 0.280. The molecule has 1 saturated carbocycles. The second kappa shape index (κ2) is 9.83. The van der Waals surface area contributed by atoms with Crippen molar-refractivity contribution in [1.82, 2.24) is 10.2 Å². The molecule has 24 heavy (non-hydrogen) atoms. The van der Waals surface area contributed by atoms with Gasteiger partial charge in [-0.3, -0.25) is 9.69 Å². The fourth-order valence-corrected chi connectivity index (χ4v) is 4.96. The Kier molecular flexibility index (Phi) is 9.15. The van der Waals surface area contributed by atoms with Crippen molar-refractivity contribution >= 4 is 42.5 Å². The van der Waals surface area contributed by atoms with Crippen LogP contribution in [-0.2, 0) is 9.53 Å². The van der Waals surface area contributed by atoms with Crippen molar-refractivity contribution < 1.29 is 9.53 Å². The molecule has 2 aliphatic heterocycles. The second-order valence-electron chi connectivity index (χ2n) is 6.98. The smallest absolute Gasteiger partial charge is 0.240 e. The Labute approximate surface area is 162 Å². The molecule has 3 rings (SSSR count). The Bertz CT molecular complexity index is 397. The number of carbonyl (C=O) groups excluding carboxylic acids is 1. The highest BCUT2D eigenvalue weighted by molar-refractivity contribution is 7.99. The van der Waals surface area contributed by atoms with Crippen LogP contribution in [0.15, 0.2) is 0 Å². The van der Waals surface area contributed by atoms with Crippen molar-refractivity contribution in [2.24, 2.45) is 5.73 Å². The number of halogens is 2. The van der Waals surface area contributed by atoms with Gasteiger partial charge in [-0.25, -0.2) is 0 Å². The zero-order valence-electron chi connectivity index (χ0n) is 14.3. The number of rotatable bonds is 4. The summed E-state index contributed by atoms with van der Waals surface area (Å²) in [5.74, 6) is 2.45. The summed E-state index contributed by atoms with van der Waals surface area (Å²) in [6.07, 6.45) is 6.23. The minimum atomic E-state index is -0.726. The molecule has 0 bridgehead atoms. The summed E-state index contributed by atoms with van der Waals surface area (Å²) in [7, 11) is 0. The number of nitrogens with zero attached hydrogens (tertiary/aromatic N) is 1. The number of ether oxygens (including phenoxy) is 1. The molecule has 3 aliphatic rings.